The van der Waals surface area contributed by atoms with Crippen molar-refractivity contribution in [1.82, 2.24) is 14.8 Å². The summed E-state index contributed by atoms with van der Waals surface area (Å²) in [6.45, 7) is 11.0. The van der Waals surface area contributed by atoms with Gasteiger partial charge in [-0.25, -0.2) is 18.0 Å². The Bertz CT molecular complexity index is 1750. The van der Waals surface area contributed by atoms with Gasteiger partial charge in [-0.05, 0) is 51.1 Å². The first-order chi connectivity index (χ1) is 21.4. The zero-order chi connectivity index (χ0) is 31.7. The first kappa shape index (κ1) is 29.6. The number of nitrogens with zero attached hydrogens (tertiary/aromatic N) is 5. The summed E-state index contributed by atoms with van der Waals surface area (Å²) < 4.78 is 33.3. The van der Waals surface area contributed by atoms with E-state index in [1.54, 1.807) is 29.2 Å². The first-order valence-corrected chi connectivity index (χ1v) is 17.0. The molecule has 0 radical (unpaired) electrons. The number of hydrogen-bond donors (Lipinski definition) is 1. The van der Waals surface area contributed by atoms with E-state index in [2.05, 4.69) is 14.8 Å². The van der Waals surface area contributed by atoms with Crippen LogP contribution in [0.2, 0.25) is 0 Å². The molecule has 2 amide bonds. The highest BCUT2D eigenvalue weighted by Gasteiger charge is 2.44. The molecular weight excluding hydrogens is 594 g/mol. The normalized spacial score (nSPS) is 24.8. The highest BCUT2D eigenvalue weighted by Crippen LogP contribution is 2.38. The van der Waals surface area contributed by atoms with Crippen molar-refractivity contribution in [3.63, 3.8) is 0 Å². The van der Waals surface area contributed by atoms with Crippen molar-refractivity contribution < 1.29 is 27.9 Å². The molecule has 7 rings (SSSR count). The number of fused-ring (bicyclic) bond motifs is 3. The number of rotatable bonds is 4. The topological polar surface area (TPSA) is 124 Å². The Morgan fingerprint density at radius 1 is 0.800 bits per heavy atom. The van der Waals surface area contributed by atoms with Gasteiger partial charge in [0, 0.05) is 93.3 Å². The van der Waals surface area contributed by atoms with Crippen LogP contribution in [-0.4, -0.2) is 98.5 Å². The van der Waals surface area contributed by atoms with Crippen LogP contribution in [0.3, 0.4) is 0 Å². The lowest BCUT2D eigenvalue weighted by atomic mass is 10.0. The van der Waals surface area contributed by atoms with Crippen molar-refractivity contribution >= 4 is 44.3 Å². The Morgan fingerprint density at radius 3 is 2.02 bits per heavy atom. The Hall–Kier alpha value is -4.06. The molecule has 0 spiro atoms. The molecule has 4 fully saturated rings. The van der Waals surface area contributed by atoms with E-state index in [0.717, 1.165) is 48.5 Å². The van der Waals surface area contributed by atoms with Gasteiger partial charge in [0.1, 0.15) is 5.60 Å². The molecule has 0 saturated carbocycles. The van der Waals surface area contributed by atoms with Crippen LogP contribution in [0.15, 0.2) is 64.5 Å². The van der Waals surface area contributed by atoms with Crippen LogP contribution >= 0.6 is 0 Å². The molecule has 0 bridgehead atoms. The van der Waals surface area contributed by atoms with E-state index >= 15 is 0 Å². The number of benzene rings is 2. The lowest BCUT2D eigenvalue weighted by Gasteiger charge is -2.26. The third-order valence-electron chi connectivity index (χ3n) is 9.70. The SMILES string of the molecule is CC(C)(C)OC(=O)N1CC2CN(c3cccc(S(=O)(=O)c4cnc5c(N6CC7CN(C(=O)O)CC7C6)cccc5c4)c3)CC2C1. The predicted octanol–water partition coefficient (Wildman–Crippen LogP) is 4.42. The van der Waals surface area contributed by atoms with E-state index in [0.29, 0.717) is 38.0 Å². The van der Waals surface area contributed by atoms with Gasteiger partial charge in [0.05, 0.1) is 21.0 Å². The molecule has 4 aliphatic heterocycles. The summed E-state index contributed by atoms with van der Waals surface area (Å²) >= 11 is 0. The van der Waals surface area contributed by atoms with Gasteiger partial charge in [-0.3, -0.25) is 4.98 Å². The quantitative estimate of drug-likeness (QED) is 0.445. The van der Waals surface area contributed by atoms with E-state index in [4.69, 9.17) is 4.74 Å². The summed E-state index contributed by atoms with van der Waals surface area (Å²) in [5, 5.41) is 10.1. The van der Waals surface area contributed by atoms with Crippen LogP contribution in [0.25, 0.3) is 10.9 Å². The number of anilines is 2. The number of carboxylic acid groups (broad SMARTS) is 1. The van der Waals surface area contributed by atoms with Gasteiger partial charge in [-0.2, -0.15) is 0 Å². The Balaban J connectivity index is 1.06. The first-order valence-electron chi connectivity index (χ1n) is 15.6. The molecule has 45 heavy (non-hydrogen) atoms. The van der Waals surface area contributed by atoms with E-state index in [-0.39, 0.29) is 27.7 Å². The van der Waals surface area contributed by atoms with Crippen molar-refractivity contribution in [3.8, 4) is 0 Å². The van der Waals surface area contributed by atoms with Crippen molar-refractivity contribution in [1.29, 1.82) is 0 Å². The average Bonchev–Trinajstić information content (AvgIpc) is 3.75. The molecule has 1 N–H and O–H groups in total. The number of aromatic nitrogens is 1. The van der Waals surface area contributed by atoms with Gasteiger partial charge in [-0.1, -0.05) is 18.2 Å². The summed E-state index contributed by atoms with van der Waals surface area (Å²) in [5.74, 6) is 1.18. The van der Waals surface area contributed by atoms with Gasteiger partial charge < -0.3 is 29.4 Å². The molecule has 5 heterocycles. The fraction of sp³-hybridized carbons (Fsp3) is 0.485. The van der Waals surface area contributed by atoms with E-state index in [9.17, 15) is 23.1 Å². The van der Waals surface area contributed by atoms with Crippen LogP contribution in [-0.2, 0) is 14.6 Å². The Morgan fingerprint density at radius 2 is 1.40 bits per heavy atom. The summed E-state index contributed by atoms with van der Waals surface area (Å²) in [5.41, 5.74) is 2.01. The maximum Gasteiger partial charge on any atom is 0.410 e. The number of pyridine rings is 1. The van der Waals surface area contributed by atoms with Gasteiger partial charge in [0.2, 0.25) is 9.84 Å². The summed E-state index contributed by atoms with van der Waals surface area (Å²) in [6, 6.07) is 14.6. The van der Waals surface area contributed by atoms with Gasteiger partial charge in [0.25, 0.3) is 0 Å². The van der Waals surface area contributed by atoms with Gasteiger partial charge in [0.15, 0.2) is 0 Å². The number of ether oxygens (including phenoxy) is 1. The van der Waals surface area contributed by atoms with E-state index in [1.807, 2.05) is 45.0 Å². The molecule has 238 valence electrons. The molecule has 4 aliphatic rings. The number of hydrogen-bond acceptors (Lipinski definition) is 8. The van der Waals surface area contributed by atoms with Crippen molar-refractivity contribution in [2.75, 3.05) is 62.2 Å². The molecule has 4 atom stereocenters. The van der Waals surface area contributed by atoms with Crippen LogP contribution in [0.4, 0.5) is 21.0 Å². The van der Waals surface area contributed by atoms with Crippen LogP contribution in [0, 0.1) is 23.7 Å². The second-order valence-electron chi connectivity index (χ2n) is 13.9. The highest BCUT2D eigenvalue weighted by atomic mass is 32.2. The highest BCUT2D eigenvalue weighted by molar-refractivity contribution is 7.91. The minimum Gasteiger partial charge on any atom is -0.465 e. The molecule has 4 saturated heterocycles. The second kappa shape index (κ2) is 10.8. The lowest BCUT2D eigenvalue weighted by Crippen LogP contribution is -2.37. The Labute approximate surface area is 263 Å². The smallest absolute Gasteiger partial charge is 0.410 e. The fourth-order valence-electron chi connectivity index (χ4n) is 7.54. The van der Waals surface area contributed by atoms with Crippen molar-refractivity contribution in [2.45, 2.75) is 36.2 Å². The van der Waals surface area contributed by atoms with Crippen molar-refractivity contribution in [2.24, 2.45) is 23.7 Å². The average molecular weight is 634 g/mol. The number of para-hydroxylation sites is 1. The maximum absolute atomic E-state index is 13.9. The molecule has 0 aliphatic carbocycles. The number of likely N-dealkylation sites (tertiary alicyclic amines) is 2. The number of amides is 2. The molecule has 4 unspecified atom stereocenters. The summed E-state index contributed by atoms with van der Waals surface area (Å²) in [4.78, 5) is 36.7. The lowest BCUT2D eigenvalue weighted by molar-refractivity contribution is 0.0282. The molecule has 1 aromatic heterocycles. The third kappa shape index (κ3) is 5.53. The number of carbonyl (C=O) groups is 2. The maximum atomic E-state index is 13.9. The molecule has 3 aromatic rings. The molecular formula is C33H39N5O6S. The summed E-state index contributed by atoms with van der Waals surface area (Å²) in [6.07, 6.45) is 0.307. The van der Waals surface area contributed by atoms with Gasteiger partial charge in [-0.15, -0.1) is 0 Å². The third-order valence-corrected chi connectivity index (χ3v) is 11.4. The van der Waals surface area contributed by atoms with Crippen LogP contribution in [0.1, 0.15) is 20.8 Å². The van der Waals surface area contributed by atoms with Gasteiger partial charge >= 0.3 is 12.2 Å². The zero-order valence-corrected chi connectivity index (χ0v) is 26.6. The molecule has 2 aromatic carbocycles. The largest absolute Gasteiger partial charge is 0.465 e. The van der Waals surface area contributed by atoms with Crippen molar-refractivity contribution in [3.05, 3.63) is 54.7 Å². The number of carbonyl (C=O) groups excluding carboxylic acids is 1. The fourth-order valence-corrected chi connectivity index (χ4v) is 8.82. The monoisotopic (exact) mass is 633 g/mol. The zero-order valence-electron chi connectivity index (χ0n) is 25.8. The van der Waals surface area contributed by atoms with Crippen LogP contribution < -0.4 is 9.80 Å². The Kier molecular flexibility index (Phi) is 7.10. The molecule has 12 heteroatoms. The standard InChI is InChI=1S/C33H39N5O6S/c1-33(2,3)44-32(41)38-19-22-13-35(14-23(22)20-38)26-7-5-8-27(11-26)45(42,43)28-10-21-6-4-9-29(30(21)34-12-28)36-15-24-17-37(31(39)40)18-25(24)16-36/h4-12,22-25H,13-20H2,1-3H3,(H,39,40). The van der Waals surface area contributed by atoms with E-state index < -0.39 is 21.5 Å². The second-order valence-corrected chi connectivity index (χ2v) is 15.9. The minimum atomic E-state index is -3.83. The summed E-state index contributed by atoms with van der Waals surface area (Å²) in [7, 11) is -3.83. The molecule has 11 nitrogen and oxygen atoms in total. The minimum absolute atomic E-state index is 0.144. The van der Waals surface area contributed by atoms with E-state index in [1.165, 1.54) is 11.1 Å². The number of sulfone groups is 1. The van der Waals surface area contributed by atoms with Crippen LogP contribution in [0.5, 0.6) is 0 Å². The predicted molar refractivity (Wildman–Crippen MR) is 169 cm³/mol.